The number of Topliss-reactive ketones (excluding diaryl/α,β-unsaturated/α-hetero) is 1. The van der Waals surface area contributed by atoms with Gasteiger partial charge in [-0.1, -0.05) is 12.1 Å². The van der Waals surface area contributed by atoms with Crippen molar-refractivity contribution in [2.45, 2.75) is 30.6 Å². The Morgan fingerprint density at radius 2 is 1.59 bits per heavy atom. The third kappa shape index (κ3) is 6.92. The number of amides is 1. The second-order valence-electron chi connectivity index (χ2n) is 6.07. The van der Waals surface area contributed by atoms with Gasteiger partial charge < -0.3 is 5.32 Å². The summed E-state index contributed by atoms with van der Waals surface area (Å²) >= 11 is 0. The Hall–Kier alpha value is -2.58. The number of rotatable bonds is 9. The summed E-state index contributed by atoms with van der Waals surface area (Å²) in [4.78, 5) is 23.8. The molecule has 0 saturated heterocycles. The Labute approximate surface area is 157 Å². The molecule has 2 aromatic carbocycles. The molecular formula is C19H21FN2O4S. The van der Waals surface area contributed by atoms with Gasteiger partial charge in [0.15, 0.2) is 5.78 Å². The molecule has 0 aromatic heterocycles. The van der Waals surface area contributed by atoms with Crippen LogP contribution in [0, 0.1) is 5.82 Å². The molecule has 0 aliphatic rings. The summed E-state index contributed by atoms with van der Waals surface area (Å²) in [6.45, 7) is 0.402. The predicted octanol–water partition coefficient (Wildman–Crippen LogP) is 2.18. The van der Waals surface area contributed by atoms with Gasteiger partial charge in [-0.3, -0.25) is 9.59 Å². The summed E-state index contributed by atoms with van der Waals surface area (Å²) in [5, 5.41) is 7.79. The Bertz CT molecular complexity index is 894. The number of primary sulfonamides is 1. The Balaban J connectivity index is 1.67. The van der Waals surface area contributed by atoms with Crippen molar-refractivity contribution in [1.82, 2.24) is 5.32 Å². The first-order chi connectivity index (χ1) is 12.8. The lowest BCUT2D eigenvalue weighted by Crippen LogP contribution is -2.25. The zero-order valence-electron chi connectivity index (χ0n) is 14.7. The highest BCUT2D eigenvalue weighted by Gasteiger charge is 2.09. The van der Waals surface area contributed by atoms with Gasteiger partial charge >= 0.3 is 0 Å². The minimum Gasteiger partial charge on any atom is -0.356 e. The van der Waals surface area contributed by atoms with Gasteiger partial charge in [-0.15, -0.1) is 0 Å². The fraction of sp³-hybridized carbons (Fsp3) is 0.263. The van der Waals surface area contributed by atoms with Gasteiger partial charge in [-0.2, -0.15) is 0 Å². The van der Waals surface area contributed by atoms with Crippen molar-refractivity contribution in [3.05, 3.63) is 65.5 Å². The number of sulfonamides is 1. The van der Waals surface area contributed by atoms with Crippen LogP contribution in [0.5, 0.6) is 0 Å². The Morgan fingerprint density at radius 3 is 2.19 bits per heavy atom. The van der Waals surface area contributed by atoms with E-state index in [0.717, 1.165) is 5.56 Å². The molecule has 0 aliphatic carbocycles. The lowest BCUT2D eigenvalue weighted by atomic mass is 10.1. The maximum atomic E-state index is 12.8. The summed E-state index contributed by atoms with van der Waals surface area (Å²) < 4.78 is 35.2. The van der Waals surface area contributed by atoms with Crippen LogP contribution in [0.4, 0.5) is 4.39 Å². The molecule has 8 heteroatoms. The third-order valence-corrected chi connectivity index (χ3v) is 4.89. The number of benzene rings is 2. The van der Waals surface area contributed by atoms with Crippen molar-refractivity contribution < 1.29 is 22.4 Å². The van der Waals surface area contributed by atoms with Gasteiger partial charge in [0, 0.05) is 24.9 Å². The molecule has 144 valence electrons. The molecule has 1 amide bonds. The molecule has 2 rings (SSSR count). The molecule has 2 aromatic rings. The minimum absolute atomic E-state index is 0.0427. The van der Waals surface area contributed by atoms with E-state index in [4.69, 9.17) is 5.14 Å². The number of hydrogen-bond donors (Lipinski definition) is 2. The average molecular weight is 392 g/mol. The SMILES string of the molecule is NS(=O)(=O)c1ccc(CCNC(=O)CCCC(=O)c2ccc(F)cc2)cc1. The number of nitrogens with two attached hydrogens (primary N) is 1. The Morgan fingerprint density at radius 1 is 0.963 bits per heavy atom. The fourth-order valence-electron chi connectivity index (χ4n) is 2.47. The number of hydrogen-bond acceptors (Lipinski definition) is 4. The maximum Gasteiger partial charge on any atom is 0.238 e. The van der Waals surface area contributed by atoms with Crippen LogP contribution < -0.4 is 10.5 Å². The average Bonchev–Trinajstić information content (AvgIpc) is 2.62. The standard InChI is InChI=1S/C19H21FN2O4S/c20-16-8-6-15(7-9-16)18(23)2-1-3-19(24)22-13-12-14-4-10-17(11-5-14)27(21,25)26/h4-11H,1-3,12-13H2,(H,22,24)(H2,21,25,26). The van der Waals surface area contributed by atoms with E-state index in [0.29, 0.717) is 24.9 Å². The molecule has 27 heavy (non-hydrogen) atoms. The van der Waals surface area contributed by atoms with Crippen LogP contribution in [0.3, 0.4) is 0 Å². The molecule has 0 aliphatic heterocycles. The number of ketones is 1. The molecule has 3 N–H and O–H groups in total. The van der Waals surface area contributed by atoms with Crippen LogP contribution in [0.25, 0.3) is 0 Å². The van der Waals surface area contributed by atoms with Crippen LogP contribution >= 0.6 is 0 Å². The first-order valence-electron chi connectivity index (χ1n) is 8.43. The van der Waals surface area contributed by atoms with Crippen molar-refractivity contribution in [3.63, 3.8) is 0 Å². The van der Waals surface area contributed by atoms with Crippen LogP contribution in [0.2, 0.25) is 0 Å². The highest BCUT2D eigenvalue weighted by molar-refractivity contribution is 7.89. The van der Waals surface area contributed by atoms with E-state index in [9.17, 15) is 22.4 Å². The van der Waals surface area contributed by atoms with Gasteiger partial charge in [0.1, 0.15) is 5.82 Å². The quantitative estimate of drug-likeness (QED) is 0.638. The van der Waals surface area contributed by atoms with Crippen LogP contribution in [-0.2, 0) is 21.2 Å². The van der Waals surface area contributed by atoms with E-state index in [1.54, 1.807) is 12.1 Å². The van der Waals surface area contributed by atoms with Crippen molar-refractivity contribution >= 4 is 21.7 Å². The molecule has 6 nitrogen and oxygen atoms in total. The molecule has 0 heterocycles. The number of carbonyl (C=O) groups is 2. The molecule has 0 atom stereocenters. The van der Waals surface area contributed by atoms with E-state index in [1.807, 2.05) is 0 Å². The molecule has 0 saturated carbocycles. The van der Waals surface area contributed by atoms with Crippen LogP contribution in [0.1, 0.15) is 35.2 Å². The largest absolute Gasteiger partial charge is 0.356 e. The lowest BCUT2D eigenvalue weighted by Gasteiger charge is -2.06. The minimum atomic E-state index is -3.71. The van der Waals surface area contributed by atoms with E-state index >= 15 is 0 Å². The predicted molar refractivity (Wildman–Crippen MR) is 99.1 cm³/mol. The second kappa shape index (κ2) is 9.38. The topological polar surface area (TPSA) is 106 Å². The molecule has 0 radical (unpaired) electrons. The third-order valence-electron chi connectivity index (χ3n) is 3.96. The number of carbonyl (C=O) groups excluding carboxylic acids is 2. The zero-order chi connectivity index (χ0) is 19.9. The molecule has 0 spiro atoms. The summed E-state index contributed by atoms with van der Waals surface area (Å²) in [7, 11) is -3.71. The summed E-state index contributed by atoms with van der Waals surface area (Å²) in [6.07, 6.45) is 1.39. The van der Waals surface area contributed by atoms with Crippen molar-refractivity contribution in [2.24, 2.45) is 5.14 Å². The van der Waals surface area contributed by atoms with E-state index in [2.05, 4.69) is 5.32 Å². The van der Waals surface area contributed by atoms with Gasteiger partial charge in [0.2, 0.25) is 15.9 Å². The van der Waals surface area contributed by atoms with Gasteiger partial charge in [-0.05, 0) is 54.8 Å². The summed E-state index contributed by atoms with van der Waals surface area (Å²) in [5.74, 6) is -0.689. The lowest BCUT2D eigenvalue weighted by molar-refractivity contribution is -0.121. The highest BCUT2D eigenvalue weighted by Crippen LogP contribution is 2.10. The first kappa shape index (κ1) is 20.7. The van der Waals surface area contributed by atoms with Crippen LogP contribution in [0.15, 0.2) is 53.4 Å². The summed E-state index contributed by atoms with van der Waals surface area (Å²) in [5.41, 5.74) is 1.30. The van der Waals surface area contributed by atoms with E-state index in [-0.39, 0.29) is 29.4 Å². The molecular weight excluding hydrogens is 371 g/mol. The van der Waals surface area contributed by atoms with Gasteiger partial charge in [0.05, 0.1) is 4.90 Å². The monoisotopic (exact) mass is 392 g/mol. The van der Waals surface area contributed by atoms with Crippen LogP contribution in [-0.4, -0.2) is 26.7 Å². The van der Waals surface area contributed by atoms with Gasteiger partial charge in [0.25, 0.3) is 0 Å². The summed E-state index contributed by atoms with van der Waals surface area (Å²) in [6, 6.07) is 11.5. The molecule has 0 bridgehead atoms. The first-order valence-corrected chi connectivity index (χ1v) is 9.97. The van der Waals surface area contributed by atoms with E-state index in [1.165, 1.54) is 36.4 Å². The zero-order valence-corrected chi connectivity index (χ0v) is 15.5. The fourth-order valence-corrected chi connectivity index (χ4v) is 2.99. The van der Waals surface area contributed by atoms with Crippen molar-refractivity contribution in [2.75, 3.05) is 6.54 Å². The normalized spacial score (nSPS) is 11.2. The van der Waals surface area contributed by atoms with Crippen molar-refractivity contribution in [1.29, 1.82) is 0 Å². The second-order valence-corrected chi connectivity index (χ2v) is 7.63. The molecule has 0 unspecified atom stereocenters. The van der Waals surface area contributed by atoms with Gasteiger partial charge in [-0.25, -0.2) is 17.9 Å². The van der Waals surface area contributed by atoms with Crippen molar-refractivity contribution in [3.8, 4) is 0 Å². The highest BCUT2D eigenvalue weighted by atomic mass is 32.2. The number of nitrogens with one attached hydrogen (secondary N) is 1. The van der Waals surface area contributed by atoms with E-state index < -0.39 is 15.8 Å². The maximum absolute atomic E-state index is 12.8. The smallest absolute Gasteiger partial charge is 0.238 e. The Kier molecular flexibility index (Phi) is 7.20. The molecule has 0 fully saturated rings. The number of halogens is 1.